The Hall–Kier alpha value is -2.64. The van der Waals surface area contributed by atoms with Crippen LogP contribution in [-0.4, -0.2) is 22.0 Å². The van der Waals surface area contributed by atoms with Crippen molar-refractivity contribution in [1.29, 1.82) is 0 Å². The molecule has 7 atom stereocenters. The lowest BCUT2D eigenvalue weighted by Gasteiger charge is -2.43. The highest BCUT2D eigenvalue weighted by molar-refractivity contribution is 8.00. The van der Waals surface area contributed by atoms with Crippen LogP contribution in [0.15, 0.2) is 58.4 Å². The Morgan fingerprint density at radius 1 is 0.853 bits per heavy atom. The number of aromatic amines is 1. The Labute approximate surface area is 205 Å². The minimum atomic E-state index is -0.259. The summed E-state index contributed by atoms with van der Waals surface area (Å²) in [4.78, 5) is 45.3. The second-order valence-corrected chi connectivity index (χ2v) is 12.4. The van der Waals surface area contributed by atoms with Gasteiger partial charge in [-0.1, -0.05) is 58.9 Å². The summed E-state index contributed by atoms with van der Waals surface area (Å²) < 4.78 is 0. The fraction of sp³-hybridized carbons (Fsp3) is 0.370. The summed E-state index contributed by atoms with van der Waals surface area (Å²) in [5.74, 6) is 0.0412. The van der Waals surface area contributed by atoms with Crippen molar-refractivity contribution < 1.29 is 9.59 Å². The topological polar surface area (TPSA) is 70.2 Å². The number of anilines is 1. The number of hydrogen-bond donors (Lipinski definition) is 1. The maximum Gasteiger partial charge on any atom is 0.305 e. The lowest BCUT2D eigenvalue weighted by molar-refractivity contribution is -0.123. The molecule has 7 rings (SSSR count). The first-order chi connectivity index (χ1) is 16.4. The van der Waals surface area contributed by atoms with Crippen molar-refractivity contribution in [1.82, 2.24) is 4.98 Å². The van der Waals surface area contributed by atoms with Crippen molar-refractivity contribution in [3.05, 3.63) is 79.8 Å². The summed E-state index contributed by atoms with van der Waals surface area (Å²) in [6, 6.07) is 16.3. The van der Waals surface area contributed by atoms with Crippen LogP contribution >= 0.6 is 23.1 Å². The number of fused-ring (bicyclic) bond motifs is 9. The van der Waals surface area contributed by atoms with E-state index in [-0.39, 0.29) is 57.4 Å². The summed E-state index contributed by atoms with van der Waals surface area (Å²) in [6.45, 7) is 4.08. The Kier molecular flexibility index (Phi) is 4.38. The van der Waals surface area contributed by atoms with E-state index in [1.807, 2.05) is 31.2 Å². The van der Waals surface area contributed by atoms with Crippen LogP contribution in [0.5, 0.6) is 0 Å². The van der Waals surface area contributed by atoms with E-state index in [0.29, 0.717) is 5.69 Å². The molecule has 0 spiro atoms. The highest BCUT2D eigenvalue weighted by atomic mass is 32.2. The Morgan fingerprint density at radius 2 is 1.47 bits per heavy atom. The summed E-state index contributed by atoms with van der Waals surface area (Å²) >= 11 is 3.04. The smallest absolute Gasteiger partial charge is 0.305 e. The van der Waals surface area contributed by atoms with Crippen LogP contribution in [0.2, 0.25) is 0 Å². The van der Waals surface area contributed by atoms with Crippen LogP contribution in [0.1, 0.15) is 33.9 Å². The first kappa shape index (κ1) is 20.7. The normalized spacial score (nSPS) is 33.2. The molecule has 4 aliphatic rings. The van der Waals surface area contributed by atoms with Crippen LogP contribution in [0.4, 0.5) is 5.69 Å². The van der Waals surface area contributed by atoms with Crippen LogP contribution in [0, 0.1) is 43.4 Å². The zero-order valence-corrected chi connectivity index (χ0v) is 20.5. The zero-order chi connectivity index (χ0) is 23.3. The molecule has 34 heavy (non-hydrogen) atoms. The molecule has 7 heteroatoms. The molecule has 3 fully saturated rings. The molecule has 2 amide bonds. The molecule has 1 saturated heterocycles. The number of carbonyl (C=O) groups excluding carboxylic acids is 2. The summed E-state index contributed by atoms with van der Waals surface area (Å²) in [5.41, 5.74) is 4.19. The van der Waals surface area contributed by atoms with Gasteiger partial charge in [-0.15, -0.1) is 11.8 Å². The summed E-state index contributed by atoms with van der Waals surface area (Å²) in [6.07, 6.45) is 0.915. The van der Waals surface area contributed by atoms with E-state index >= 15 is 0 Å². The van der Waals surface area contributed by atoms with Gasteiger partial charge >= 0.3 is 4.87 Å². The predicted octanol–water partition coefficient (Wildman–Crippen LogP) is 4.73. The second kappa shape index (κ2) is 7.18. The molecule has 2 saturated carbocycles. The molecule has 2 bridgehead atoms. The van der Waals surface area contributed by atoms with Crippen LogP contribution in [-0.2, 0) is 9.59 Å². The number of nitrogens with zero attached hydrogens (tertiary/aromatic N) is 1. The van der Waals surface area contributed by atoms with Gasteiger partial charge in [-0.2, -0.15) is 0 Å². The number of rotatable bonds is 2. The van der Waals surface area contributed by atoms with Gasteiger partial charge in [0, 0.05) is 16.0 Å². The highest BCUT2D eigenvalue weighted by Gasteiger charge is 2.69. The molecule has 2 aliphatic carbocycles. The summed E-state index contributed by atoms with van der Waals surface area (Å²) in [7, 11) is 0. The average molecular weight is 489 g/mol. The molecule has 2 aromatic carbocycles. The van der Waals surface area contributed by atoms with Crippen molar-refractivity contribution in [2.24, 2.45) is 29.6 Å². The van der Waals surface area contributed by atoms with E-state index in [2.05, 4.69) is 36.2 Å². The largest absolute Gasteiger partial charge is 0.307 e. The number of H-pyrrole nitrogens is 1. The lowest BCUT2D eigenvalue weighted by atomic mass is 9.68. The van der Waals surface area contributed by atoms with E-state index in [0.717, 1.165) is 21.9 Å². The van der Waals surface area contributed by atoms with E-state index in [4.69, 9.17) is 0 Å². The molecule has 1 aromatic heterocycles. The minimum Gasteiger partial charge on any atom is -0.307 e. The minimum absolute atomic E-state index is 0.0279. The number of carbonyl (C=O) groups is 2. The average Bonchev–Trinajstić information content (AvgIpc) is 3.54. The number of aryl methyl sites for hydroxylation is 2. The maximum atomic E-state index is 13.7. The Morgan fingerprint density at radius 3 is 2.15 bits per heavy atom. The molecule has 172 valence electrons. The fourth-order valence-corrected chi connectivity index (χ4v) is 10.0. The van der Waals surface area contributed by atoms with E-state index in [9.17, 15) is 14.4 Å². The Balaban J connectivity index is 1.32. The van der Waals surface area contributed by atoms with Gasteiger partial charge in [0.05, 0.1) is 22.5 Å². The fourth-order valence-electron chi connectivity index (χ4n) is 7.11. The lowest BCUT2D eigenvalue weighted by Crippen LogP contribution is -2.42. The number of aromatic nitrogens is 1. The molecular formula is C27H24N2O3S2. The van der Waals surface area contributed by atoms with Crippen molar-refractivity contribution in [2.45, 2.75) is 36.5 Å². The van der Waals surface area contributed by atoms with Gasteiger partial charge in [0.2, 0.25) is 11.8 Å². The SMILES string of the molecule is Cc1ccc([C@H]2c3sc(=O)[nH]c3S[C@@H]3[C@@H]4C[C@H]([C@@H]5C(=O)N(c6ccc(C)cc6)C(=O)[C@H]45)[C@H]23)cc1. The van der Waals surface area contributed by atoms with Crippen molar-refractivity contribution >= 4 is 40.6 Å². The molecule has 5 nitrogen and oxygen atoms in total. The van der Waals surface area contributed by atoms with Gasteiger partial charge in [-0.3, -0.25) is 19.3 Å². The first-order valence-corrected chi connectivity index (χ1v) is 13.5. The van der Waals surface area contributed by atoms with Gasteiger partial charge < -0.3 is 4.98 Å². The van der Waals surface area contributed by atoms with Gasteiger partial charge in [0.25, 0.3) is 0 Å². The number of thioether (sulfide) groups is 1. The van der Waals surface area contributed by atoms with E-state index in [1.165, 1.54) is 27.4 Å². The van der Waals surface area contributed by atoms with Gasteiger partial charge in [-0.25, -0.2) is 0 Å². The zero-order valence-electron chi connectivity index (χ0n) is 18.9. The number of benzene rings is 2. The number of hydrogen-bond acceptors (Lipinski definition) is 5. The molecule has 2 aliphatic heterocycles. The molecule has 0 unspecified atom stereocenters. The quantitative estimate of drug-likeness (QED) is 0.530. The predicted molar refractivity (Wildman–Crippen MR) is 133 cm³/mol. The standard InChI is InChI=1S/C27H24N2O3S2/c1-12-3-7-14(8-4-12)18-19-16-11-17(22(19)33-24-23(18)34-27(32)28-24)21-20(16)25(30)29(26(21)31)15-9-5-13(2)6-10-15/h3-10,16-22H,11H2,1-2H3,(H,28,32)/t16-,17+,18+,19+,20-,21+,22+/m0/s1. The maximum absolute atomic E-state index is 13.7. The Bertz CT molecular complexity index is 1390. The van der Waals surface area contributed by atoms with Gasteiger partial charge in [0.1, 0.15) is 0 Å². The highest BCUT2D eigenvalue weighted by Crippen LogP contribution is 2.68. The van der Waals surface area contributed by atoms with Crippen molar-refractivity contribution in [3.63, 3.8) is 0 Å². The van der Waals surface area contributed by atoms with E-state index < -0.39 is 0 Å². The number of amides is 2. The third-order valence-electron chi connectivity index (χ3n) is 8.45. The third kappa shape index (κ3) is 2.71. The number of nitrogens with one attached hydrogen (secondary N) is 1. The second-order valence-electron chi connectivity index (χ2n) is 10.2. The van der Waals surface area contributed by atoms with Crippen LogP contribution in [0.3, 0.4) is 0 Å². The van der Waals surface area contributed by atoms with E-state index in [1.54, 1.807) is 11.8 Å². The molecule has 3 heterocycles. The monoisotopic (exact) mass is 488 g/mol. The van der Waals surface area contributed by atoms with Gasteiger partial charge in [0.15, 0.2) is 0 Å². The molecule has 0 radical (unpaired) electrons. The first-order valence-electron chi connectivity index (χ1n) is 11.8. The summed E-state index contributed by atoms with van der Waals surface area (Å²) in [5, 5.41) is 1.18. The van der Waals surface area contributed by atoms with Gasteiger partial charge in [-0.05, 0) is 55.7 Å². The molecular weight excluding hydrogens is 464 g/mol. The van der Waals surface area contributed by atoms with Crippen molar-refractivity contribution in [3.8, 4) is 0 Å². The van der Waals surface area contributed by atoms with Crippen LogP contribution < -0.4 is 9.77 Å². The number of imide groups is 1. The molecule has 1 N–H and O–H groups in total. The third-order valence-corrected chi connectivity index (χ3v) is 11.0. The van der Waals surface area contributed by atoms with Crippen LogP contribution in [0.25, 0.3) is 0 Å². The van der Waals surface area contributed by atoms with Crippen molar-refractivity contribution in [2.75, 3.05) is 4.90 Å². The number of thiazole rings is 1. The molecule has 3 aromatic rings.